The van der Waals surface area contributed by atoms with Gasteiger partial charge in [-0.3, -0.25) is 30.6 Å². The summed E-state index contributed by atoms with van der Waals surface area (Å²) in [6.45, 7) is 5.50. The lowest BCUT2D eigenvalue weighted by Gasteiger charge is -2.20. The van der Waals surface area contributed by atoms with E-state index in [1.807, 2.05) is 45.0 Å². The highest BCUT2D eigenvalue weighted by Gasteiger charge is 2.23. The number of aryl methyl sites for hydroxylation is 1. The molecule has 1 unspecified atom stereocenters. The van der Waals surface area contributed by atoms with Gasteiger partial charge in [0.15, 0.2) is 12.4 Å². The van der Waals surface area contributed by atoms with E-state index in [2.05, 4.69) is 21.5 Å². The van der Waals surface area contributed by atoms with Crippen molar-refractivity contribution in [2.45, 2.75) is 39.8 Å². The molecule has 182 valence electrons. The monoisotopic (exact) mass is 471 g/mol. The number of urea groups is 1. The molecule has 0 spiro atoms. The molecule has 11 nitrogen and oxygen atoms in total. The highest BCUT2D eigenvalue weighted by molar-refractivity contribution is 5.89. The summed E-state index contributed by atoms with van der Waals surface area (Å²) < 4.78 is 5.18. The number of para-hydroxylation sites is 2. The number of rotatable bonds is 10. The van der Waals surface area contributed by atoms with Gasteiger partial charge in [0.05, 0.1) is 4.92 Å². The summed E-state index contributed by atoms with van der Waals surface area (Å²) in [5.41, 5.74) is 6.18. The molecule has 11 heteroatoms. The van der Waals surface area contributed by atoms with Crippen LogP contribution >= 0.6 is 0 Å². The summed E-state index contributed by atoms with van der Waals surface area (Å²) in [4.78, 5) is 47.3. The molecule has 0 radical (unpaired) electrons. The van der Waals surface area contributed by atoms with Gasteiger partial charge in [-0.1, -0.05) is 55.8 Å². The van der Waals surface area contributed by atoms with Gasteiger partial charge in [0.1, 0.15) is 6.04 Å². The standard InChI is InChI=1S/C23H29N5O6/c1-15(2)12-18(25-23(31)24-13-17-10-8-16(3)9-11-17)22(30)27-26-21(29)14-34-20-7-5-4-6-19(20)28(32)33/h4-11,15,18H,12-14H2,1-3H3,(H,26,29)(H,27,30)(H2,24,25,31). The number of ether oxygens (including phenoxy) is 1. The van der Waals surface area contributed by atoms with E-state index in [9.17, 15) is 24.5 Å². The molecular formula is C23H29N5O6. The third-order valence-corrected chi connectivity index (χ3v) is 4.65. The minimum atomic E-state index is -0.894. The first-order chi connectivity index (χ1) is 16.2. The molecule has 0 bridgehead atoms. The highest BCUT2D eigenvalue weighted by atomic mass is 16.6. The van der Waals surface area contributed by atoms with Gasteiger partial charge < -0.3 is 15.4 Å². The molecule has 2 aromatic carbocycles. The number of carbonyl (C=O) groups is 3. The molecule has 2 rings (SSSR count). The predicted molar refractivity (Wildman–Crippen MR) is 125 cm³/mol. The maximum atomic E-state index is 12.5. The fraction of sp³-hybridized carbons (Fsp3) is 0.348. The third kappa shape index (κ3) is 8.77. The second-order valence-electron chi connectivity index (χ2n) is 8.05. The van der Waals surface area contributed by atoms with Crippen molar-refractivity contribution >= 4 is 23.5 Å². The number of nitro groups is 1. The first-order valence-electron chi connectivity index (χ1n) is 10.7. The number of amides is 4. The molecule has 4 amide bonds. The van der Waals surface area contributed by atoms with Gasteiger partial charge in [-0.05, 0) is 30.9 Å². The first kappa shape index (κ1) is 26.1. The van der Waals surface area contributed by atoms with E-state index in [1.165, 1.54) is 24.3 Å². The maximum Gasteiger partial charge on any atom is 0.315 e. The molecule has 0 fully saturated rings. The zero-order valence-electron chi connectivity index (χ0n) is 19.3. The molecule has 0 aliphatic carbocycles. The number of carbonyl (C=O) groups excluding carboxylic acids is 3. The van der Waals surface area contributed by atoms with Crippen LogP contribution in [0.5, 0.6) is 5.75 Å². The fourth-order valence-electron chi connectivity index (χ4n) is 2.93. The van der Waals surface area contributed by atoms with Gasteiger partial charge in [0, 0.05) is 12.6 Å². The van der Waals surface area contributed by atoms with E-state index >= 15 is 0 Å². The van der Waals surface area contributed by atoms with Crippen LogP contribution in [-0.2, 0) is 16.1 Å². The van der Waals surface area contributed by atoms with Crippen molar-refractivity contribution in [1.29, 1.82) is 0 Å². The van der Waals surface area contributed by atoms with Crippen LogP contribution in [0.3, 0.4) is 0 Å². The number of nitrogens with one attached hydrogen (secondary N) is 4. The van der Waals surface area contributed by atoms with Crippen LogP contribution in [0.2, 0.25) is 0 Å². The van der Waals surface area contributed by atoms with Crippen LogP contribution in [-0.4, -0.2) is 35.4 Å². The van der Waals surface area contributed by atoms with Crippen LogP contribution in [0.15, 0.2) is 48.5 Å². The van der Waals surface area contributed by atoms with Gasteiger partial charge in [-0.2, -0.15) is 0 Å². The zero-order chi connectivity index (χ0) is 25.1. The Hall–Kier alpha value is -4.15. The van der Waals surface area contributed by atoms with Crippen LogP contribution in [0, 0.1) is 23.0 Å². The molecule has 2 aromatic rings. The van der Waals surface area contributed by atoms with Gasteiger partial charge in [-0.15, -0.1) is 0 Å². The second-order valence-corrected chi connectivity index (χ2v) is 8.05. The number of hydrogen-bond acceptors (Lipinski definition) is 6. The van der Waals surface area contributed by atoms with Gasteiger partial charge in [-0.25, -0.2) is 4.79 Å². The molecule has 0 aliphatic rings. The Morgan fingerprint density at radius 3 is 2.35 bits per heavy atom. The van der Waals surface area contributed by atoms with E-state index in [1.54, 1.807) is 0 Å². The van der Waals surface area contributed by atoms with Crippen molar-refractivity contribution < 1.29 is 24.0 Å². The molecule has 34 heavy (non-hydrogen) atoms. The normalized spacial score (nSPS) is 11.3. The summed E-state index contributed by atoms with van der Waals surface area (Å²) in [5.74, 6) is -1.32. The average molecular weight is 472 g/mol. The summed E-state index contributed by atoms with van der Waals surface area (Å²) in [5, 5.41) is 16.3. The minimum absolute atomic E-state index is 0.0708. The summed E-state index contributed by atoms with van der Waals surface area (Å²) in [6, 6.07) is 11.9. The van der Waals surface area contributed by atoms with Crippen molar-refractivity contribution in [2.75, 3.05) is 6.61 Å². The van der Waals surface area contributed by atoms with Gasteiger partial charge in [0.2, 0.25) is 0 Å². The van der Waals surface area contributed by atoms with Gasteiger partial charge in [0.25, 0.3) is 11.8 Å². The van der Waals surface area contributed by atoms with Crippen molar-refractivity contribution in [1.82, 2.24) is 21.5 Å². The molecule has 0 saturated carbocycles. The van der Waals surface area contributed by atoms with E-state index in [4.69, 9.17) is 4.74 Å². The average Bonchev–Trinajstić information content (AvgIpc) is 2.80. The largest absolute Gasteiger partial charge is 0.477 e. The number of hydrogen-bond donors (Lipinski definition) is 4. The first-order valence-corrected chi connectivity index (χ1v) is 10.7. The molecule has 0 aliphatic heterocycles. The Labute approximate surface area is 197 Å². The molecule has 4 N–H and O–H groups in total. The van der Waals surface area contributed by atoms with Crippen LogP contribution in [0.1, 0.15) is 31.4 Å². The Morgan fingerprint density at radius 1 is 1.03 bits per heavy atom. The zero-order valence-corrected chi connectivity index (χ0v) is 19.3. The SMILES string of the molecule is Cc1ccc(CNC(=O)NC(CC(C)C)C(=O)NNC(=O)COc2ccccc2[N+](=O)[O-])cc1. The minimum Gasteiger partial charge on any atom is -0.477 e. The molecule has 1 atom stereocenters. The van der Waals surface area contributed by atoms with E-state index in [0.29, 0.717) is 13.0 Å². The lowest BCUT2D eigenvalue weighted by atomic mass is 10.0. The second kappa shape index (κ2) is 12.8. The Balaban J connectivity index is 1.84. The Morgan fingerprint density at radius 2 is 1.71 bits per heavy atom. The lowest BCUT2D eigenvalue weighted by molar-refractivity contribution is -0.385. The van der Waals surface area contributed by atoms with Gasteiger partial charge >= 0.3 is 11.7 Å². The molecular weight excluding hydrogens is 442 g/mol. The number of nitro benzene ring substituents is 1. The van der Waals surface area contributed by atoms with Crippen molar-refractivity contribution in [3.63, 3.8) is 0 Å². The molecule has 0 saturated heterocycles. The smallest absolute Gasteiger partial charge is 0.315 e. The summed E-state index contributed by atoms with van der Waals surface area (Å²) in [6.07, 6.45) is 0.340. The summed E-state index contributed by atoms with van der Waals surface area (Å²) >= 11 is 0. The van der Waals surface area contributed by atoms with Crippen LogP contribution in [0.4, 0.5) is 10.5 Å². The van der Waals surface area contributed by atoms with E-state index < -0.39 is 35.4 Å². The quantitative estimate of drug-likeness (QED) is 0.308. The third-order valence-electron chi connectivity index (χ3n) is 4.65. The highest BCUT2D eigenvalue weighted by Crippen LogP contribution is 2.25. The summed E-state index contributed by atoms with van der Waals surface area (Å²) in [7, 11) is 0. The Bertz CT molecular complexity index is 1010. The van der Waals surface area contributed by atoms with Crippen molar-refractivity contribution in [2.24, 2.45) is 5.92 Å². The molecule has 0 aromatic heterocycles. The number of benzene rings is 2. The van der Waals surface area contributed by atoms with Crippen LogP contribution < -0.4 is 26.2 Å². The topological polar surface area (TPSA) is 152 Å². The number of nitrogens with zero attached hydrogens (tertiary/aromatic N) is 1. The molecule has 0 heterocycles. The number of hydrazine groups is 1. The maximum absolute atomic E-state index is 12.5. The Kier molecular flexibility index (Phi) is 9.81. The van der Waals surface area contributed by atoms with E-state index in [0.717, 1.165) is 11.1 Å². The van der Waals surface area contributed by atoms with Crippen molar-refractivity contribution in [3.8, 4) is 5.75 Å². The lowest BCUT2D eigenvalue weighted by Crippen LogP contribution is -2.54. The fourth-order valence-corrected chi connectivity index (χ4v) is 2.93. The van der Waals surface area contributed by atoms with Crippen molar-refractivity contribution in [3.05, 3.63) is 69.8 Å². The van der Waals surface area contributed by atoms with Crippen LogP contribution in [0.25, 0.3) is 0 Å². The van der Waals surface area contributed by atoms with E-state index in [-0.39, 0.29) is 17.4 Å². The predicted octanol–water partition coefficient (Wildman–Crippen LogP) is 2.34.